The number of unbranched alkanes of at least 4 members (excludes halogenated alkanes) is 2. The highest BCUT2D eigenvalue weighted by molar-refractivity contribution is 5.31. The fourth-order valence-electron chi connectivity index (χ4n) is 3.09. The normalized spacial score (nSPS) is 10.8. The van der Waals surface area contributed by atoms with Crippen LogP contribution in [0, 0.1) is 0 Å². The van der Waals surface area contributed by atoms with Crippen LogP contribution in [0.1, 0.15) is 61.8 Å². The second-order valence-corrected chi connectivity index (χ2v) is 6.24. The van der Waals surface area contributed by atoms with Crippen LogP contribution in [-0.2, 0) is 25.7 Å². The van der Waals surface area contributed by atoms with Gasteiger partial charge in [-0.3, -0.25) is 0 Å². The summed E-state index contributed by atoms with van der Waals surface area (Å²) in [5, 5.41) is 0. The van der Waals surface area contributed by atoms with Gasteiger partial charge in [0, 0.05) is 0 Å². The smallest absolute Gasteiger partial charge is 0.0235 e. The lowest BCUT2D eigenvalue weighted by Crippen LogP contribution is -2.00. The third kappa shape index (κ3) is 5.02. The van der Waals surface area contributed by atoms with E-state index in [4.69, 9.17) is 0 Å². The number of hydrogen-bond acceptors (Lipinski definition) is 0. The minimum absolute atomic E-state index is 1.17. The molecule has 0 fully saturated rings. The average molecular weight is 294 g/mol. The van der Waals surface area contributed by atoms with Crippen LogP contribution in [0.4, 0.5) is 0 Å². The van der Waals surface area contributed by atoms with Crippen LogP contribution < -0.4 is 0 Å². The molecule has 2 aromatic rings. The molecule has 0 unspecified atom stereocenters. The van der Waals surface area contributed by atoms with E-state index in [1.54, 1.807) is 22.3 Å². The van der Waals surface area contributed by atoms with Gasteiger partial charge in [0.25, 0.3) is 0 Å². The lowest BCUT2D eigenvalue weighted by Gasteiger charge is -2.12. The molecule has 0 bridgehead atoms. The quantitative estimate of drug-likeness (QED) is 0.520. The Kier molecular flexibility index (Phi) is 7.22. The van der Waals surface area contributed by atoms with Crippen molar-refractivity contribution in [2.75, 3.05) is 0 Å². The minimum atomic E-state index is 1.17. The molecular weight excluding hydrogens is 264 g/mol. The van der Waals surface area contributed by atoms with Gasteiger partial charge in [0.2, 0.25) is 0 Å². The lowest BCUT2D eigenvalue weighted by molar-refractivity contribution is 0.773. The Morgan fingerprint density at radius 2 is 0.818 bits per heavy atom. The van der Waals surface area contributed by atoms with Crippen LogP contribution in [0.2, 0.25) is 0 Å². The fourth-order valence-corrected chi connectivity index (χ4v) is 3.09. The van der Waals surface area contributed by atoms with Crippen LogP contribution in [0.5, 0.6) is 0 Å². The van der Waals surface area contributed by atoms with E-state index in [0.29, 0.717) is 0 Å². The van der Waals surface area contributed by atoms with Crippen molar-refractivity contribution in [2.45, 2.75) is 65.2 Å². The summed E-state index contributed by atoms with van der Waals surface area (Å²) in [6.07, 6.45) is 9.93. The Balaban J connectivity index is 2.04. The fraction of sp³-hybridized carbons (Fsp3) is 0.455. The standard InChI is InChI=1S/C22H30/c1-3-5-11-19-13-7-9-15-21(19)17-18-22-16-10-8-14-20(22)12-6-4-2/h7-10,13-16H,3-6,11-12,17-18H2,1-2H3. The molecule has 0 aliphatic heterocycles. The summed E-state index contributed by atoms with van der Waals surface area (Å²) < 4.78 is 0. The van der Waals surface area contributed by atoms with Crippen molar-refractivity contribution in [1.82, 2.24) is 0 Å². The van der Waals surface area contributed by atoms with E-state index in [2.05, 4.69) is 62.4 Å². The molecule has 22 heavy (non-hydrogen) atoms. The Labute approximate surface area is 136 Å². The van der Waals surface area contributed by atoms with E-state index >= 15 is 0 Å². The SMILES string of the molecule is CCCCc1ccccc1CCc1ccccc1CCCC. The van der Waals surface area contributed by atoms with E-state index in [1.165, 1.54) is 51.4 Å². The third-order valence-electron chi connectivity index (χ3n) is 4.50. The van der Waals surface area contributed by atoms with Crippen LogP contribution in [0.15, 0.2) is 48.5 Å². The molecule has 0 nitrogen and oxygen atoms in total. The molecule has 0 aliphatic rings. The molecule has 0 amide bonds. The molecule has 0 spiro atoms. The van der Waals surface area contributed by atoms with Crippen LogP contribution in [0.3, 0.4) is 0 Å². The number of hydrogen-bond donors (Lipinski definition) is 0. The molecular formula is C22H30. The van der Waals surface area contributed by atoms with E-state index in [9.17, 15) is 0 Å². The number of benzene rings is 2. The van der Waals surface area contributed by atoms with Gasteiger partial charge < -0.3 is 0 Å². The molecule has 0 saturated carbocycles. The number of aryl methyl sites for hydroxylation is 4. The molecule has 0 heteroatoms. The van der Waals surface area contributed by atoms with Gasteiger partial charge in [-0.15, -0.1) is 0 Å². The molecule has 0 aliphatic carbocycles. The van der Waals surface area contributed by atoms with Crippen molar-refractivity contribution in [3.05, 3.63) is 70.8 Å². The second-order valence-electron chi connectivity index (χ2n) is 6.24. The zero-order chi connectivity index (χ0) is 15.6. The predicted molar refractivity (Wildman–Crippen MR) is 97.5 cm³/mol. The van der Waals surface area contributed by atoms with Crippen molar-refractivity contribution in [2.24, 2.45) is 0 Å². The van der Waals surface area contributed by atoms with Crippen LogP contribution in [0.25, 0.3) is 0 Å². The molecule has 0 N–H and O–H groups in total. The van der Waals surface area contributed by atoms with Crippen molar-refractivity contribution < 1.29 is 0 Å². The molecule has 0 saturated heterocycles. The third-order valence-corrected chi connectivity index (χ3v) is 4.50. The maximum absolute atomic E-state index is 2.32. The highest BCUT2D eigenvalue weighted by atomic mass is 14.1. The van der Waals surface area contributed by atoms with E-state index in [-0.39, 0.29) is 0 Å². The van der Waals surface area contributed by atoms with Gasteiger partial charge in [-0.2, -0.15) is 0 Å². The summed E-state index contributed by atoms with van der Waals surface area (Å²) in [5.74, 6) is 0. The predicted octanol–water partition coefficient (Wildman–Crippen LogP) is 6.16. The minimum Gasteiger partial charge on any atom is -0.0654 e. The molecule has 118 valence electrons. The highest BCUT2D eigenvalue weighted by Gasteiger charge is 2.05. The Morgan fingerprint density at radius 1 is 0.500 bits per heavy atom. The average Bonchev–Trinajstić information content (AvgIpc) is 2.57. The first-order chi connectivity index (χ1) is 10.8. The molecule has 2 rings (SSSR count). The Morgan fingerprint density at radius 3 is 1.14 bits per heavy atom. The van der Waals surface area contributed by atoms with Gasteiger partial charge in [-0.1, -0.05) is 75.2 Å². The molecule has 0 radical (unpaired) electrons. The van der Waals surface area contributed by atoms with Gasteiger partial charge in [0.1, 0.15) is 0 Å². The van der Waals surface area contributed by atoms with E-state index in [1.807, 2.05) is 0 Å². The Hall–Kier alpha value is -1.56. The molecule has 0 heterocycles. The summed E-state index contributed by atoms with van der Waals surface area (Å²) in [6.45, 7) is 4.54. The Bertz CT molecular complexity index is 502. The van der Waals surface area contributed by atoms with Gasteiger partial charge in [-0.05, 0) is 60.8 Å². The van der Waals surface area contributed by atoms with E-state index < -0.39 is 0 Å². The van der Waals surface area contributed by atoms with Crippen molar-refractivity contribution >= 4 is 0 Å². The summed E-state index contributed by atoms with van der Waals surface area (Å²) >= 11 is 0. The highest BCUT2D eigenvalue weighted by Crippen LogP contribution is 2.18. The largest absolute Gasteiger partial charge is 0.0654 e. The first-order valence-corrected chi connectivity index (χ1v) is 8.98. The lowest BCUT2D eigenvalue weighted by atomic mass is 9.93. The summed E-state index contributed by atoms with van der Waals surface area (Å²) in [6, 6.07) is 18.0. The second kappa shape index (κ2) is 9.46. The van der Waals surface area contributed by atoms with Crippen LogP contribution >= 0.6 is 0 Å². The summed E-state index contributed by atoms with van der Waals surface area (Å²) in [7, 11) is 0. The van der Waals surface area contributed by atoms with Crippen LogP contribution in [-0.4, -0.2) is 0 Å². The number of rotatable bonds is 9. The first kappa shape index (κ1) is 16.8. The van der Waals surface area contributed by atoms with Gasteiger partial charge in [0.05, 0.1) is 0 Å². The molecule has 0 atom stereocenters. The van der Waals surface area contributed by atoms with E-state index in [0.717, 1.165) is 0 Å². The van der Waals surface area contributed by atoms with Crippen molar-refractivity contribution in [3.63, 3.8) is 0 Å². The van der Waals surface area contributed by atoms with Crippen molar-refractivity contribution in [3.8, 4) is 0 Å². The maximum atomic E-state index is 2.32. The molecule has 0 aromatic heterocycles. The van der Waals surface area contributed by atoms with Crippen molar-refractivity contribution in [1.29, 1.82) is 0 Å². The van der Waals surface area contributed by atoms with Gasteiger partial charge >= 0.3 is 0 Å². The van der Waals surface area contributed by atoms with Gasteiger partial charge in [-0.25, -0.2) is 0 Å². The maximum Gasteiger partial charge on any atom is -0.0235 e. The molecule has 2 aromatic carbocycles. The zero-order valence-corrected chi connectivity index (χ0v) is 14.3. The zero-order valence-electron chi connectivity index (χ0n) is 14.3. The summed E-state index contributed by atoms with van der Waals surface area (Å²) in [5.41, 5.74) is 6.19. The van der Waals surface area contributed by atoms with Gasteiger partial charge in [0.15, 0.2) is 0 Å². The topological polar surface area (TPSA) is 0 Å². The first-order valence-electron chi connectivity index (χ1n) is 8.98. The monoisotopic (exact) mass is 294 g/mol. The summed E-state index contributed by atoms with van der Waals surface area (Å²) in [4.78, 5) is 0.